The van der Waals surface area contributed by atoms with Gasteiger partial charge in [0.2, 0.25) is 0 Å². The van der Waals surface area contributed by atoms with Crippen molar-refractivity contribution in [2.45, 2.75) is 46.2 Å². The topological polar surface area (TPSA) is 29.9 Å². The summed E-state index contributed by atoms with van der Waals surface area (Å²) in [6, 6.07) is 6.67. The standard InChI is InChI=1S/C17H23N3/c1-12-5-6-13(2)14(9-12)10-20-11-18-16-15(20)7-8-19-17(16,3)4/h5-6,9,11,19H,7-8,10H2,1-4H3. The van der Waals surface area contributed by atoms with Gasteiger partial charge in [-0.25, -0.2) is 4.98 Å². The average molecular weight is 269 g/mol. The first kappa shape index (κ1) is 13.4. The quantitative estimate of drug-likeness (QED) is 0.908. The summed E-state index contributed by atoms with van der Waals surface area (Å²) >= 11 is 0. The van der Waals surface area contributed by atoms with Crippen molar-refractivity contribution in [1.29, 1.82) is 0 Å². The zero-order valence-electron chi connectivity index (χ0n) is 12.8. The second kappa shape index (κ2) is 4.74. The van der Waals surface area contributed by atoms with E-state index in [1.165, 1.54) is 28.1 Å². The van der Waals surface area contributed by atoms with Crippen LogP contribution in [0.1, 0.15) is 41.9 Å². The molecular formula is C17H23N3. The summed E-state index contributed by atoms with van der Waals surface area (Å²) in [6.07, 6.45) is 3.06. The van der Waals surface area contributed by atoms with Crippen molar-refractivity contribution in [2.75, 3.05) is 6.54 Å². The van der Waals surface area contributed by atoms with Crippen LogP contribution in [0.5, 0.6) is 0 Å². The highest BCUT2D eigenvalue weighted by Crippen LogP contribution is 2.27. The smallest absolute Gasteiger partial charge is 0.0955 e. The number of nitrogens with zero attached hydrogens (tertiary/aromatic N) is 2. The maximum absolute atomic E-state index is 4.66. The fraction of sp³-hybridized carbons (Fsp3) is 0.471. The summed E-state index contributed by atoms with van der Waals surface area (Å²) in [6.45, 7) is 10.7. The van der Waals surface area contributed by atoms with E-state index in [0.29, 0.717) is 0 Å². The Balaban J connectivity index is 1.97. The van der Waals surface area contributed by atoms with Crippen molar-refractivity contribution in [3.05, 3.63) is 52.6 Å². The van der Waals surface area contributed by atoms with Crippen molar-refractivity contribution < 1.29 is 0 Å². The summed E-state index contributed by atoms with van der Waals surface area (Å²) in [7, 11) is 0. The number of hydrogen-bond acceptors (Lipinski definition) is 2. The highest BCUT2D eigenvalue weighted by atomic mass is 15.1. The van der Waals surface area contributed by atoms with Gasteiger partial charge in [-0.3, -0.25) is 0 Å². The average Bonchev–Trinajstić information content (AvgIpc) is 2.78. The molecule has 20 heavy (non-hydrogen) atoms. The van der Waals surface area contributed by atoms with E-state index in [4.69, 9.17) is 0 Å². The molecule has 0 saturated carbocycles. The van der Waals surface area contributed by atoms with Crippen LogP contribution in [0, 0.1) is 13.8 Å². The van der Waals surface area contributed by atoms with E-state index in [9.17, 15) is 0 Å². The van der Waals surface area contributed by atoms with Crippen molar-refractivity contribution in [1.82, 2.24) is 14.9 Å². The molecule has 0 radical (unpaired) electrons. The van der Waals surface area contributed by atoms with Gasteiger partial charge in [-0.1, -0.05) is 23.8 Å². The molecule has 1 N–H and O–H groups in total. The number of fused-ring (bicyclic) bond motifs is 1. The number of nitrogens with one attached hydrogen (secondary N) is 1. The Labute approximate surface area is 121 Å². The molecule has 3 rings (SSSR count). The lowest BCUT2D eigenvalue weighted by molar-refractivity contribution is 0.368. The number of benzene rings is 1. The van der Waals surface area contributed by atoms with Crippen LogP contribution in [-0.4, -0.2) is 16.1 Å². The fourth-order valence-electron chi connectivity index (χ4n) is 3.06. The van der Waals surface area contributed by atoms with Crippen LogP contribution >= 0.6 is 0 Å². The molecule has 106 valence electrons. The minimum atomic E-state index is -0.0134. The molecule has 1 aromatic heterocycles. The van der Waals surface area contributed by atoms with Crippen LogP contribution in [0.15, 0.2) is 24.5 Å². The van der Waals surface area contributed by atoms with Gasteiger partial charge in [0.25, 0.3) is 0 Å². The van der Waals surface area contributed by atoms with Gasteiger partial charge < -0.3 is 9.88 Å². The van der Waals surface area contributed by atoms with Gasteiger partial charge in [-0.05, 0) is 38.8 Å². The molecule has 1 aromatic carbocycles. The lowest BCUT2D eigenvalue weighted by Crippen LogP contribution is -2.43. The summed E-state index contributed by atoms with van der Waals surface area (Å²) in [5, 5.41) is 3.54. The van der Waals surface area contributed by atoms with Gasteiger partial charge in [0, 0.05) is 25.2 Å². The Bertz CT molecular complexity index is 638. The van der Waals surface area contributed by atoms with Gasteiger partial charge in [0.05, 0.1) is 17.6 Å². The zero-order valence-corrected chi connectivity index (χ0v) is 12.8. The number of imidazole rings is 1. The van der Waals surface area contributed by atoms with Gasteiger partial charge in [-0.15, -0.1) is 0 Å². The Morgan fingerprint density at radius 3 is 2.90 bits per heavy atom. The van der Waals surface area contributed by atoms with Crippen LogP contribution in [0.2, 0.25) is 0 Å². The normalized spacial score (nSPS) is 17.0. The molecule has 2 heterocycles. The van der Waals surface area contributed by atoms with Gasteiger partial charge >= 0.3 is 0 Å². The number of hydrogen-bond donors (Lipinski definition) is 1. The minimum absolute atomic E-state index is 0.0134. The molecule has 1 aliphatic rings. The maximum Gasteiger partial charge on any atom is 0.0955 e. The highest BCUT2D eigenvalue weighted by molar-refractivity contribution is 5.32. The molecule has 3 nitrogen and oxygen atoms in total. The molecule has 0 fully saturated rings. The molecule has 0 unspecified atom stereocenters. The SMILES string of the molecule is Cc1ccc(C)c(Cn2cnc3c2CCNC3(C)C)c1. The third kappa shape index (κ3) is 2.27. The number of rotatable bonds is 2. The predicted octanol–water partition coefficient (Wildman–Crippen LogP) is 2.93. The van der Waals surface area contributed by atoms with Crippen LogP contribution in [0.3, 0.4) is 0 Å². The second-order valence-corrected chi connectivity index (χ2v) is 6.40. The fourth-order valence-corrected chi connectivity index (χ4v) is 3.06. The first-order valence-electron chi connectivity index (χ1n) is 7.33. The summed E-state index contributed by atoms with van der Waals surface area (Å²) in [5.41, 5.74) is 6.64. The maximum atomic E-state index is 4.66. The molecule has 0 saturated heterocycles. The highest BCUT2D eigenvalue weighted by Gasteiger charge is 2.30. The Hall–Kier alpha value is -1.61. The van der Waals surface area contributed by atoms with Gasteiger partial charge in [0.15, 0.2) is 0 Å². The first-order chi connectivity index (χ1) is 9.47. The zero-order chi connectivity index (χ0) is 14.3. The lowest BCUT2D eigenvalue weighted by Gasteiger charge is -2.31. The van der Waals surface area contributed by atoms with Crippen LogP contribution in [0.4, 0.5) is 0 Å². The molecule has 0 atom stereocenters. The van der Waals surface area contributed by atoms with Crippen LogP contribution in [0.25, 0.3) is 0 Å². The minimum Gasteiger partial charge on any atom is -0.330 e. The summed E-state index contributed by atoms with van der Waals surface area (Å²) in [5.74, 6) is 0. The number of aromatic nitrogens is 2. The summed E-state index contributed by atoms with van der Waals surface area (Å²) in [4.78, 5) is 4.66. The van der Waals surface area contributed by atoms with E-state index in [0.717, 1.165) is 19.5 Å². The molecule has 0 spiro atoms. The Morgan fingerprint density at radius 2 is 2.10 bits per heavy atom. The van der Waals surface area contributed by atoms with Crippen molar-refractivity contribution in [3.8, 4) is 0 Å². The van der Waals surface area contributed by atoms with E-state index >= 15 is 0 Å². The predicted molar refractivity (Wildman–Crippen MR) is 82.0 cm³/mol. The van der Waals surface area contributed by atoms with Crippen molar-refractivity contribution in [2.24, 2.45) is 0 Å². The van der Waals surface area contributed by atoms with Crippen molar-refractivity contribution >= 4 is 0 Å². The third-order valence-electron chi connectivity index (χ3n) is 4.31. The van der Waals surface area contributed by atoms with Crippen LogP contribution < -0.4 is 5.32 Å². The largest absolute Gasteiger partial charge is 0.330 e. The van der Waals surface area contributed by atoms with E-state index in [1.54, 1.807) is 0 Å². The molecule has 0 aliphatic carbocycles. The molecule has 0 amide bonds. The Morgan fingerprint density at radius 1 is 1.30 bits per heavy atom. The van der Waals surface area contributed by atoms with Crippen LogP contribution in [-0.2, 0) is 18.5 Å². The molecular weight excluding hydrogens is 246 g/mol. The summed E-state index contributed by atoms with van der Waals surface area (Å²) < 4.78 is 2.32. The lowest BCUT2D eigenvalue weighted by atomic mass is 9.93. The van der Waals surface area contributed by atoms with E-state index in [1.807, 2.05) is 6.33 Å². The van der Waals surface area contributed by atoms with Crippen molar-refractivity contribution in [3.63, 3.8) is 0 Å². The molecule has 3 heteroatoms. The van der Waals surface area contributed by atoms with Gasteiger partial charge in [0.1, 0.15) is 0 Å². The molecule has 2 aromatic rings. The number of aryl methyl sites for hydroxylation is 2. The molecule has 0 bridgehead atoms. The first-order valence-corrected chi connectivity index (χ1v) is 7.33. The second-order valence-electron chi connectivity index (χ2n) is 6.40. The van der Waals surface area contributed by atoms with Gasteiger partial charge in [-0.2, -0.15) is 0 Å². The van der Waals surface area contributed by atoms with E-state index < -0.39 is 0 Å². The monoisotopic (exact) mass is 269 g/mol. The van der Waals surface area contributed by atoms with E-state index in [-0.39, 0.29) is 5.54 Å². The Kier molecular flexibility index (Phi) is 3.17. The van der Waals surface area contributed by atoms with E-state index in [2.05, 4.69) is 60.8 Å². The molecule has 1 aliphatic heterocycles. The third-order valence-corrected chi connectivity index (χ3v) is 4.31.